The number of pyridine rings is 1. The van der Waals surface area contributed by atoms with Gasteiger partial charge in [0.05, 0.1) is 43.3 Å². The Bertz CT molecular complexity index is 844. The highest BCUT2D eigenvalue weighted by molar-refractivity contribution is 5.75. The van der Waals surface area contributed by atoms with Crippen LogP contribution in [0, 0.1) is 5.41 Å². The third kappa shape index (κ3) is 7.54. The van der Waals surface area contributed by atoms with E-state index in [4.69, 9.17) is 18.9 Å². The molecule has 1 fully saturated rings. The van der Waals surface area contributed by atoms with Crippen LogP contribution in [0.5, 0.6) is 5.75 Å². The minimum Gasteiger partial charge on any atom is -0.492 e. The summed E-state index contributed by atoms with van der Waals surface area (Å²) in [6.45, 7) is 6.12. The Morgan fingerprint density at radius 1 is 1.15 bits per heavy atom. The van der Waals surface area contributed by atoms with Crippen LogP contribution < -0.4 is 4.74 Å². The Balaban J connectivity index is 1.31. The van der Waals surface area contributed by atoms with Crippen molar-refractivity contribution in [2.75, 3.05) is 33.5 Å². The summed E-state index contributed by atoms with van der Waals surface area (Å²) in [5.74, 6) is 0.526. The molecule has 1 unspecified atom stereocenters. The van der Waals surface area contributed by atoms with E-state index in [1.165, 1.54) is 7.11 Å². The van der Waals surface area contributed by atoms with E-state index in [1.54, 1.807) is 12.4 Å². The standard InChI is InChI=1S/C25H37N3O5/c1-25(2,24(29)30-3)19-31-15-7-4-5-8-16-32-20-11-12-21(26-18-20)22-13-14-27-28(22)23-10-6-9-17-33-23/h11-14,18,23H,4-10,15-17,19H2,1-3H3. The van der Waals surface area contributed by atoms with Crippen LogP contribution in [0.2, 0.25) is 0 Å². The first kappa shape index (κ1) is 25.2. The minimum atomic E-state index is -0.602. The Hall–Kier alpha value is -2.45. The van der Waals surface area contributed by atoms with Crippen LogP contribution in [0.4, 0.5) is 0 Å². The first-order chi connectivity index (χ1) is 16.0. The lowest BCUT2D eigenvalue weighted by Gasteiger charge is -2.24. The number of rotatable bonds is 13. The number of carbonyl (C=O) groups is 1. The van der Waals surface area contributed by atoms with Crippen molar-refractivity contribution in [3.8, 4) is 17.1 Å². The molecule has 1 saturated heterocycles. The van der Waals surface area contributed by atoms with Crippen molar-refractivity contribution in [3.05, 3.63) is 30.6 Å². The fourth-order valence-electron chi connectivity index (χ4n) is 3.79. The molecular weight excluding hydrogens is 422 g/mol. The van der Waals surface area contributed by atoms with Gasteiger partial charge in [-0.15, -0.1) is 0 Å². The van der Waals surface area contributed by atoms with Gasteiger partial charge in [0, 0.05) is 19.4 Å². The first-order valence-electron chi connectivity index (χ1n) is 11.9. The molecule has 8 heteroatoms. The van der Waals surface area contributed by atoms with Crippen LogP contribution in [0.1, 0.15) is 65.0 Å². The van der Waals surface area contributed by atoms with Crippen molar-refractivity contribution < 1.29 is 23.7 Å². The first-order valence-corrected chi connectivity index (χ1v) is 11.9. The molecule has 182 valence electrons. The predicted octanol–water partition coefficient (Wildman–Crippen LogP) is 4.80. The highest BCUT2D eigenvalue weighted by atomic mass is 16.5. The molecule has 1 atom stereocenters. The van der Waals surface area contributed by atoms with Gasteiger partial charge in [0.25, 0.3) is 0 Å². The zero-order valence-corrected chi connectivity index (χ0v) is 20.1. The SMILES string of the molecule is COC(=O)C(C)(C)COCCCCCCOc1ccc(-c2ccnn2C2CCCCO2)nc1. The Morgan fingerprint density at radius 2 is 1.97 bits per heavy atom. The van der Waals surface area contributed by atoms with E-state index in [0.29, 0.717) is 19.8 Å². The second-order valence-corrected chi connectivity index (χ2v) is 9.05. The second kappa shape index (κ2) is 12.7. The summed E-state index contributed by atoms with van der Waals surface area (Å²) < 4.78 is 24.1. The van der Waals surface area contributed by atoms with Crippen molar-refractivity contribution in [3.63, 3.8) is 0 Å². The van der Waals surface area contributed by atoms with Crippen LogP contribution in [-0.4, -0.2) is 54.3 Å². The number of methoxy groups -OCH3 is 1. The quantitative estimate of drug-likeness (QED) is 0.314. The predicted molar refractivity (Wildman–Crippen MR) is 125 cm³/mol. The molecule has 0 radical (unpaired) electrons. The fraction of sp³-hybridized carbons (Fsp3) is 0.640. The van der Waals surface area contributed by atoms with E-state index in [-0.39, 0.29) is 12.2 Å². The Kier molecular flexibility index (Phi) is 9.69. The Labute approximate surface area is 196 Å². The number of carbonyl (C=O) groups excluding carboxylic acids is 1. The molecule has 3 rings (SSSR count). The summed E-state index contributed by atoms with van der Waals surface area (Å²) in [6, 6.07) is 5.90. The van der Waals surface area contributed by atoms with Gasteiger partial charge >= 0.3 is 5.97 Å². The van der Waals surface area contributed by atoms with Gasteiger partial charge in [0.2, 0.25) is 0 Å². The van der Waals surface area contributed by atoms with Gasteiger partial charge < -0.3 is 18.9 Å². The lowest BCUT2D eigenvalue weighted by molar-refractivity contribution is -0.154. The molecular formula is C25H37N3O5. The van der Waals surface area contributed by atoms with Gasteiger partial charge in [-0.1, -0.05) is 6.42 Å². The molecule has 3 heterocycles. The topological polar surface area (TPSA) is 84.7 Å². The van der Waals surface area contributed by atoms with Crippen LogP contribution in [-0.2, 0) is 19.0 Å². The molecule has 0 aliphatic carbocycles. The largest absolute Gasteiger partial charge is 0.492 e. The summed E-state index contributed by atoms with van der Waals surface area (Å²) in [5, 5.41) is 4.45. The molecule has 0 saturated carbocycles. The summed E-state index contributed by atoms with van der Waals surface area (Å²) in [5.41, 5.74) is 1.23. The molecule has 0 amide bonds. The summed E-state index contributed by atoms with van der Waals surface area (Å²) in [4.78, 5) is 16.2. The van der Waals surface area contributed by atoms with Gasteiger partial charge in [0.15, 0.2) is 6.23 Å². The van der Waals surface area contributed by atoms with Crippen molar-refractivity contribution in [2.24, 2.45) is 5.41 Å². The number of nitrogens with zero attached hydrogens (tertiary/aromatic N) is 3. The van der Waals surface area contributed by atoms with E-state index < -0.39 is 5.41 Å². The zero-order chi connectivity index (χ0) is 23.5. The van der Waals surface area contributed by atoms with Gasteiger partial charge in [-0.2, -0.15) is 5.10 Å². The van der Waals surface area contributed by atoms with Crippen molar-refractivity contribution in [2.45, 2.75) is 65.0 Å². The number of hydrogen-bond donors (Lipinski definition) is 0. The molecule has 1 aliphatic heterocycles. The molecule has 0 bridgehead atoms. The summed E-state index contributed by atoms with van der Waals surface area (Å²) in [6.07, 6.45) is 10.9. The highest BCUT2D eigenvalue weighted by Gasteiger charge is 2.28. The third-order valence-electron chi connectivity index (χ3n) is 5.75. The maximum atomic E-state index is 11.6. The van der Waals surface area contributed by atoms with E-state index >= 15 is 0 Å². The number of esters is 1. The lowest BCUT2D eigenvalue weighted by Crippen LogP contribution is -2.30. The van der Waals surface area contributed by atoms with Crippen LogP contribution in [0.25, 0.3) is 11.4 Å². The van der Waals surface area contributed by atoms with E-state index in [9.17, 15) is 4.79 Å². The van der Waals surface area contributed by atoms with Gasteiger partial charge in [-0.25, -0.2) is 4.68 Å². The van der Waals surface area contributed by atoms with Gasteiger partial charge in [0.1, 0.15) is 5.75 Å². The number of aromatic nitrogens is 3. The average Bonchev–Trinajstić information content (AvgIpc) is 3.33. The van der Waals surface area contributed by atoms with Crippen molar-refractivity contribution in [1.29, 1.82) is 0 Å². The summed E-state index contributed by atoms with van der Waals surface area (Å²) >= 11 is 0. The average molecular weight is 460 g/mol. The molecule has 0 aromatic carbocycles. The molecule has 1 aliphatic rings. The van der Waals surface area contributed by atoms with Gasteiger partial charge in [-0.05, 0) is 70.6 Å². The highest BCUT2D eigenvalue weighted by Crippen LogP contribution is 2.28. The number of unbranched alkanes of at least 4 members (excludes halogenated alkanes) is 3. The molecule has 2 aromatic rings. The van der Waals surface area contributed by atoms with Crippen LogP contribution in [0.3, 0.4) is 0 Å². The fourth-order valence-corrected chi connectivity index (χ4v) is 3.79. The third-order valence-corrected chi connectivity index (χ3v) is 5.75. The maximum absolute atomic E-state index is 11.6. The van der Waals surface area contributed by atoms with E-state index in [0.717, 1.165) is 68.7 Å². The monoisotopic (exact) mass is 459 g/mol. The van der Waals surface area contributed by atoms with Crippen LogP contribution in [0.15, 0.2) is 30.6 Å². The minimum absolute atomic E-state index is 0.00813. The number of hydrogen-bond acceptors (Lipinski definition) is 7. The molecule has 33 heavy (non-hydrogen) atoms. The van der Waals surface area contributed by atoms with Gasteiger partial charge in [-0.3, -0.25) is 9.78 Å². The molecule has 2 aromatic heterocycles. The lowest BCUT2D eigenvalue weighted by atomic mass is 9.95. The second-order valence-electron chi connectivity index (χ2n) is 9.05. The zero-order valence-electron chi connectivity index (χ0n) is 20.1. The Morgan fingerprint density at radius 3 is 2.67 bits per heavy atom. The normalized spacial score (nSPS) is 16.5. The van der Waals surface area contributed by atoms with E-state index in [2.05, 4.69) is 10.1 Å². The van der Waals surface area contributed by atoms with E-state index in [1.807, 2.05) is 36.7 Å². The molecule has 0 spiro atoms. The molecule has 0 N–H and O–H groups in total. The smallest absolute Gasteiger partial charge is 0.313 e. The van der Waals surface area contributed by atoms with Crippen molar-refractivity contribution >= 4 is 5.97 Å². The number of ether oxygens (including phenoxy) is 4. The molecule has 8 nitrogen and oxygen atoms in total. The van der Waals surface area contributed by atoms with Crippen LogP contribution >= 0.6 is 0 Å². The summed E-state index contributed by atoms with van der Waals surface area (Å²) in [7, 11) is 1.40. The maximum Gasteiger partial charge on any atom is 0.313 e. The van der Waals surface area contributed by atoms with Crippen molar-refractivity contribution in [1.82, 2.24) is 14.8 Å².